The highest BCUT2D eigenvalue weighted by atomic mass is 35.5. The number of rotatable bonds is 3. The second-order valence-electron chi connectivity index (χ2n) is 3.47. The maximum atomic E-state index is 6.09. The Bertz CT molecular complexity index is 477. The van der Waals surface area contributed by atoms with Gasteiger partial charge in [-0.2, -0.15) is 0 Å². The van der Waals surface area contributed by atoms with Gasteiger partial charge in [-0.25, -0.2) is 0 Å². The Morgan fingerprint density at radius 1 is 1.27 bits per heavy atom. The number of aromatic nitrogens is 1. The number of halogens is 2. The van der Waals surface area contributed by atoms with Gasteiger partial charge < -0.3 is 10.3 Å². The van der Waals surface area contributed by atoms with Gasteiger partial charge in [-0.15, -0.1) is 0 Å². The van der Waals surface area contributed by atoms with Crippen molar-refractivity contribution in [1.29, 1.82) is 0 Å². The first-order valence-corrected chi connectivity index (χ1v) is 5.62. The molecule has 0 amide bonds. The van der Waals surface area contributed by atoms with Crippen molar-refractivity contribution in [2.75, 3.05) is 6.54 Å². The highest BCUT2D eigenvalue weighted by Crippen LogP contribution is 2.28. The van der Waals surface area contributed by atoms with Crippen LogP contribution in [0.5, 0.6) is 0 Å². The largest absolute Gasteiger partial charge is 0.347 e. The van der Waals surface area contributed by atoms with Gasteiger partial charge in [0, 0.05) is 23.2 Å². The van der Waals surface area contributed by atoms with E-state index in [1.807, 2.05) is 18.3 Å². The summed E-state index contributed by atoms with van der Waals surface area (Å²) in [6, 6.07) is 5.70. The van der Waals surface area contributed by atoms with Crippen LogP contribution in [0.2, 0.25) is 10.0 Å². The van der Waals surface area contributed by atoms with Crippen LogP contribution >= 0.6 is 23.2 Å². The van der Waals surface area contributed by atoms with Gasteiger partial charge >= 0.3 is 0 Å². The van der Waals surface area contributed by atoms with E-state index in [1.54, 1.807) is 6.07 Å². The number of aryl methyl sites for hydroxylation is 1. The molecule has 0 fully saturated rings. The maximum Gasteiger partial charge on any atom is 0.0514 e. The summed E-state index contributed by atoms with van der Waals surface area (Å²) >= 11 is 12.1. The van der Waals surface area contributed by atoms with Crippen LogP contribution in [0.3, 0.4) is 0 Å². The molecule has 1 aromatic carbocycles. The van der Waals surface area contributed by atoms with E-state index < -0.39 is 0 Å². The van der Waals surface area contributed by atoms with Crippen LogP contribution in [0.25, 0.3) is 10.9 Å². The van der Waals surface area contributed by atoms with E-state index in [0.29, 0.717) is 16.6 Å². The standard InChI is InChI=1S/C11H12Cl2N2/c12-8-6-10(13)9-2-5-15(4-1-3-14)11(9)7-8/h2,5-7H,1,3-4,14H2. The average molecular weight is 243 g/mol. The van der Waals surface area contributed by atoms with Gasteiger partial charge in [0.25, 0.3) is 0 Å². The summed E-state index contributed by atoms with van der Waals surface area (Å²) in [6.07, 6.45) is 2.97. The van der Waals surface area contributed by atoms with Gasteiger partial charge in [0.1, 0.15) is 0 Å². The van der Waals surface area contributed by atoms with E-state index in [9.17, 15) is 0 Å². The lowest BCUT2D eigenvalue weighted by Gasteiger charge is -2.04. The number of nitrogens with zero attached hydrogens (tertiary/aromatic N) is 1. The minimum atomic E-state index is 0.667. The highest BCUT2D eigenvalue weighted by molar-refractivity contribution is 6.38. The van der Waals surface area contributed by atoms with E-state index in [-0.39, 0.29) is 0 Å². The molecule has 0 unspecified atom stereocenters. The van der Waals surface area contributed by atoms with Gasteiger partial charge in [0.15, 0.2) is 0 Å². The van der Waals surface area contributed by atoms with E-state index >= 15 is 0 Å². The fourth-order valence-corrected chi connectivity index (χ4v) is 2.22. The van der Waals surface area contributed by atoms with Crippen molar-refractivity contribution in [2.45, 2.75) is 13.0 Å². The van der Waals surface area contributed by atoms with Gasteiger partial charge in [-0.3, -0.25) is 0 Å². The van der Waals surface area contributed by atoms with Crippen LogP contribution in [0, 0.1) is 0 Å². The minimum absolute atomic E-state index is 0.667. The van der Waals surface area contributed by atoms with Crippen molar-refractivity contribution >= 4 is 34.1 Å². The zero-order valence-electron chi connectivity index (χ0n) is 8.21. The molecular weight excluding hydrogens is 231 g/mol. The number of benzene rings is 1. The number of hydrogen-bond donors (Lipinski definition) is 1. The molecule has 2 aromatic rings. The molecule has 0 aliphatic heterocycles. The van der Waals surface area contributed by atoms with Crippen molar-refractivity contribution in [3.8, 4) is 0 Å². The second kappa shape index (κ2) is 4.44. The quantitative estimate of drug-likeness (QED) is 0.880. The number of nitrogens with two attached hydrogens (primary N) is 1. The fraction of sp³-hybridized carbons (Fsp3) is 0.273. The first-order chi connectivity index (χ1) is 7.22. The maximum absolute atomic E-state index is 6.09. The Kier molecular flexibility index (Phi) is 3.19. The van der Waals surface area contributed by atoms with E-state index in [1.165, 1.54) is 0 Å². The molecule has 0 saturated heterocycles. The molecule has 2 rings (SSSR count). The molecule has 2 nitrogen and oxygen atoms in total. The zero-order valence-corrected chi connectivity index (χ0v) is 9.72. The predicted octanol–water partition coefficient (Wildman–Crippen LogP) is 3.30. The number of hydrogen-bond acceptors (Lipinski definition) is 1. The van der Waals surface area contributed by atoms with E-state index in [0.717, 1.165) is 23.9 Å². The van der Waals surface area contributed by atoms with Crippen LogP contribution < -0.4 is 5.73 Å². The van der Waals surface area contributed by atoms with Crippen LogP contribution in [0.15, 0.2) is 24.4 Å². The third-order valence-electron chi connectivity index (χ3n) is 2.41. The van der Waals surface area contributed by atoms with E-state index in [2.05, 4.69) is 4.57 Å². The molecule has 0 radical (unpaired) electrons. The molecule has 1 heterocycles. The van der Waals surface area contributed by atoms with Crippen molar-refractivity contribution in [2.24, 2.45) is 5.73 Å². The lowest BCUT2D eigenvalue weighted by Crippen LogP contribution is -2.04. The molecule has 1 aromatic heterocycles. The first kappa shape index (κ1) is 10.8. The fourth-order valence-electron chi connectivity index (χ4n) is 1.68. The molecule has 0 spiro atoms. The normalized spacial score (nSPS) is 11.1. The average Bonchev–Trinajstić information content (AvgIpc) is 2.58. The van der Waals surface area contributed by atoms with E-state index in [4.69, 9.17) is 28.9 Å². The molecule has 0 aliphatic carbocycles. The van der Waals surface area contributed by atoms with Gasteiger partial charge in [-0.05, 0) is 31.2 Å². The lowest BCUT2D eigenvalue weighted by molar-refractivity contribution is 0.671. The molecule has 2 N–H and O–H groups in total. The Balaban J connectivity index is 2.49. The molecule has 0 aliphatic rings. The summed E-state index contributed by atoms with van der Waals surface area (Å²) in [5.74, 6) is 0. The van der Waals surface area contributed by atoms with Crippen molar-refractivity contribution in [3.63, 3.8) is 0 Å². The Morgan fingerprint density at radius 3 is 2.80 bits per heavy atom. The second-order valence-corrected chi connectivity index (χ2v) is 4.32. The third kappa shape index (κ3) is 2.12. The smallest absolute Gasteiger partial charge is 0.0514 e. The summed E-state index contributed by atoms with van der Waals surface area (Å²) in [7, 11) is 0. The highest BCUT2D eigenvalue weighted by Gasteiger charge is 2.05. The van der Waals surface area contributed by atoms with Gasteiger partial charge in [-0.1, -0.05) is 23.2 Å². The lowest BCUT2D eigenvalue weighted by atomic mass is 10.2. The Morgan fingerprint density at radius 2 is 2.07 bits per heavy atom. The van der Waals surface area contributed by atoms with Crippen LogP contribution in [-0.2, 0) is 6.54 Å². The summed E-state index contributed by atoms with van der Waals surface area (Å²) in [4.78, 5) is 0. The topological polar surface area (TPSA) is 30.9 Å². The summed E-state index contributed by atoms with van der Waals surface area (Å²) in [5, 5.41) is 2.40. The zero-order chi connectivity index (χ0) is 10.8. The predicted molar refractivity (Wildman–Crippen MR) is 65.6 cm³/mol. The minimum Gasteiger partial charge on any atom is -0.347 e. The molecule has 15 heavy (non-hydrogen) atoms. The van der Waals surface area contributed by atoms with Crippen molar-refractivity contribution < 1.29 is 0 Å². The summed E-state index contributed by atoms with van der Waals surface area (Å²) in [6.45, 7) is 1.59. The number of fused-ring (bicyclic) bond motifs is 1. The molecule has 80 valence electrons. The Hall–Kier alpha value is -0.700. The van der Waals surface area contributed by atoms with Crippen LogP contribution in [0.4, 0.5) is 0 Å². The SMILES string of the molecule is NCCCn1ccc2c(Cl)cc(Cl)cc21. The summed E-state index contributed by atoms with van der Waals surface area (Å²) < 4.78 is 2.12. The van der Waals surface area contributed by atoms with Gasteiger partial charge in [0.2, 0.25) is 0 Å². The van der Waals surface area contributed by atoms with Gasteiger partial charge in [0.05, 0.1) is 10.5 Å². The third-order valence-corrected chi connectivity index (χ3v) is 2.94. The monoisotopic (exact) mass is 242 g/mol. The molecule has 0 atom stereocenters. The summed E-state index contributed by atoms with van der Waals surface area (Å²) in [5.41, 5.74) is 6.55. The van der Waals surface area contributed by atoms with Crippen molar-refractivity contribution in [1.82, 2.24) is 4.57 Å². The molecule has 4 heteroatoms. The first-order valence-electron chi connectivity index (χ1n) is 4.86. The molecule has 0 bridgehead atoms. The Labute approximate surface area is 98.6 Å². The molecular formula is C11H12Cl2N2. The van der Waals surface area contributed by atoms with Crippen molar-refractivity contribution in [3.05, 3.63) is 34.4 Å². The molecule has 0 saturated carbocycles. The van der Waals surface area contributed by atoms with Crippen LogP contribution in [-0.4, -0.2) is 11.1 Å². The van der Waals surface area contributed by atoms with Crippen LogP contribution in [0.1, 0.15) is 6.42 Å².